The Morgan fingerprint density at radius 1 is 1.09 bits per heavy atom. The highest BCUT2D eigenvalue weighted by atomic mass is 32.2. The smallest absolute Gasteiger partial charge is 0.262 e. The number of carbonyl (C=O) groups excluding carboxylic acids is 1. The maximum Gasteiger partial charge on any atom is 0.262 e. The predicted octanol–water partition coefficient (Wildman–Crippen LogP) is 4.56. The molecule has 1 aliphatic rings. The normalized spacial score (nSPS) is 15.7. The van der Waals surface area contributed by atoms with Crippen molar-refractivity contribution in [1.82, 2.24) is 24.5 Å². The molecule has 1 saturated carbocycles. The number of amides is 1. The van der Waals surface area contributed by atoms with Gasteiger partial charge in [0.05, 0.1) is 16.7 Å². The molecule has 1 fully saturated rings. The molecule has 0 saturated heterocycles. The Labute approximate surface area is 193 Å². The van der Waals surface area contributed by atoms with Crippen molar-refractivity contribution in [2.45, 2.75) is 88.9 Å². The lowest BCUT2D eigenvalue weighted by molar-refractivity contribution is -0.119. The Morgan fingerprint density at radius 3 is 2.62 bits per heavy atom. The van der Waals surface area contributed by atoms with Crippen LogP contribution < -0.4 is 10.9 Å². The van der Waals surface area contributed by atoms with Crippen molar-refractivity contribution >= 4 is 34.3 Å². The van der Waals surface area contributed by atoms with Crippen LogP contribution in [0.5, 0.6) is 0 Å². The minimum absolute atomic E-state index is 0.0322. The van der Waals surface area contributed by atoms with Gasteiger partial charge < -0.3 is 5.32 Å². The van der Waals surface area contributed by atoms with Crippen molar-refractivity contribution in [3.8, 4) is 0 Å². The van der Waals surface area contributed by atoms with Crippen molar-refractivity contribution in [1.29, 1.82) is 0 Å². The highest BCUT2D eigenvalue weighted by molar-refractivity contribution is 7.99. The summed E-state index contributed by atoms with van der Waals surface area (Å²) in [6.45, 7) is 2.76. The number of aromatic nitrogens is 4. The molecule has 4 rings (SSSR count). The van der Waals surface area contributed by atoms with Gasteiger partial charge in [-0.15, -0.1) is 10.2 Å². The second-order valence-corrected chi connectivity index (χ2v) is 9.64. The molecule has 2 heterocycles. The van der Waals surface area contributed by atoms with Crippen LogP contribution in [0.2, 0.25) is 0 Å². The number of benzene rings is 1. The topological polar surface area (TPSA) is 81.3 Å². The van der Waals surface area contributed by atoms with Gasteiger partial charge in [0.25, 0.3) is 5.56 Å². The zero-order chi connectivity index (χ0) is 22.3. The molecule has 8 heteroatoms. The third-order valence-corrected chi connectivity index (χ3v) is 7.20. The average Bonchev–Trinajstić information content (AvgIpc) is 3.20. The van der Waals surface area contributed by atoms with Gasteiger partial charge >= 0.3 is 0 Å². The largest absolute Gasteiger partial charge is 0.353 e. The lowest BCUT2D eigenvalue weighted by Crippen LogP contribution is -2.36. The van der Waals surface area contributed by atoms with E-state index >= 15 is 0 Å². The summed E-state index contributed by atoms with van der Waals surface area (Å²) in [4.78, 5) is 25.8. The summed E-state index contributed by atoms with van der Waals surface area (Å²) in [5.74, 6) is 0.881. The van der Waals surface area contributed by atoms with E-state index in [2.05, 4.69) is 22.4 Å². The van der Waals surface area contributed by atoms with E-state index in [0.29, 0.717) is 28.6 Å². The monoisotopic (exact) mass is 455 g/mol. The van der Waals surface area contributed by atoms with E-state index < -0.39 is 0 Å². The highest BCUT2D eigenvalue weighted by Gasteiger charge is 2.19. The van der Waals surface area contributed by atoms with Gasteiger partial charge in [-0.2, -0.15) is 0 Å². The van der Waals surface area contributed by atoms with E-state index in [1.165, 1.54) is 43.9 Å². The molecule has 3 aromatic rings. The number of rotatable bonds is 8. The van der Waals surface area contributed by atoms with Crippen LogP contribution >= 0.6 is 11.8 Å². The number of aryl methyl sites for hydroxylation is 1. The SMILES string of the molecule is CCCCCn1c(=O)c2ccccc2n2c(SCC(=O)NC3CCCCCCC3)nnc12. The van der Waals surface area contributed by atoms with Gasteiger partial charge in [-0.25, -0.2) is 0 Å². The summed E-state index contributed by atoms with van der Waals surface area (Å²) in [6, 6.07) is 7.85. The zero-order valence-corrected chi connectivity index (χ0v) is 19.7. The number of nitrogens with one attached hydrogen (secondary N) is 1. The van der Waals surface area contributed by atoms with E-state index in [1.807, 2.05) is 28.7 Å². The van der Waals surface area contributed by atoms with Gasteiger partial charge in [-0.1, -0.05) is 75.8 Å². The average molecular weight is 456 g/mol. The van der Waals surface area contributed by atoms with Crippen LogP contribution in [0.1, 0.15) is 71.1 Å². The third-order valence-electron chi connectivity index (χ3n) is 6.27. The van der Waals surface area contributed by atoms with Crippen molar-refractivity contribution < 1.29 is 4.79 Å². The Morgan fingerprint density at radius 2 is 1.84 bits per heavy atom. The first-order valence-electron chi connectivity index (χ1n) is 12.0. The molecule has 0 radical (unpaired) electrons. The number of unbranched alkanes of at least 4 members (excludes halogenated alkanes) is 2. The minimum Gasteiger partial charge on any atom is -0.353 e. The summed E-state index contributed by atoms with van der Waals surface area (Å²) >= 11 is 1.38. The lowest BCUT2D eigenvalue weighted by Gasteiger charge is -2.20. The number of hydrogen-bond acceptors (Lipinski definition) is 5. The standard InChI is InChI=1S/C24H33N5O2S/c1-2-3-11-16-28-22(31)19-14-9-10-15-20(19)29-23(28)26-27-24(29)32-17-21(30)25-18-12-7-5-4-6-8-13-18/h9-10,14-15,18H,2-8,11-13,16-17H2,1H3,(H,25,30). The number of carbonyl (C=O) groups is 1. The summed E-state index contributed by atoms with van der Waals surface area (Å²) in [7, 11) is 0. The van der Waals surface area contributed by atoms with Crippen LogP contribution in [0, 0.1) is 0 Å². The van der Waals surface area contributed by atoms with E-state index in [0.717, 1.165) is 37.6 Å². The Kier molecular flexibility index (Phi) is 7.84. The first-order chi connectivity index (χ1) is 15.7. The van der Waals surface area contributed by atoms with Gasteiger partial charge in [0.1, 0.15) is 0 Å². The molecule has 2 aromatic heterocycles. The first-order valence-corrected chi connectivity index (χ1v) is 13.0. The molecule has 1 aliphatic carbocycles. The summed E-state index contributed by atoms with van der Waals surface area (Å²) in [5.41, 5.74) is 0.752. The molecule has 0 aliphatic heterocycles. The molecule has 7 nitrogen and oxygen atoms in total. The highest BCUT2D eigenvalue weighted by Crippen LogP contribution is 2.22. The Balaban J connectivity index is 1.55. The lowest BCUT2D eigenvalue weighted by atomic mass is 9.97. The van der Waals surface area contributed by atoms with Gasteiger partial charge in [-0.05, 0) is 31.4 Å². The molecular formula is C24H33N5O2S. The third kappa shape index (κ3) is 5.17. The maximum absolute atomic E-state index is 13.1. The Hall–Kier alpha value is -2.35. The molecule has 0 bridgehead atoms. The van der Waals surface area contributed by atoms with Gasteiger partial charge in [0, 0.05) is 12.6 Å². The van der Waals surface area contributed by atoms with E-state index in [9.17, 15) is 9.59 Å². The van der Waals surface area contributed by atoms with Crippen LogP contribution in [0.3, 0.4) is 0 Å². The fourth-order valence-electron chi connectivity index (χ4n) is 4.55. The summed E-state index contributed by atoms with van der Waals surface area (Å²) in [6.07, 6.45) is 11.4. The second kappa shape index (κ2) is 11.0. The number of para-hydroxylation sites is 1. The maximum atomic E-state index is 13.1. The zero-order valence-electron chi connectivity index (χ0n) is 18.9. The summed E-state index contributed by atoms with van der Waals surface area (Å²) < 4.78 is 3.65. The molecule has 172 valence electrons. The molecule has 0 unspecified atom stereocenters. The molecule has 1 N–H and O–H groups in total. The molecule has 1 aromatic carbocycles. The molecule has 32 heavy (non-hydrogen) atoms. The van der Waals surface area contributed by atoms with Gasteiger partial charge in [0.15, 0.2) is 5.16 Å². The second-order valence-electron chi connectivity index (χ2n) is 8.70. The van der Waals surface area contributed by atoms with E-state index in [1.54, 1.807) is 4.57 Å². The van der Waals surface area contributed by atoms with Crippen molar-refractivity contribution in [3.05, 3.63) is 34.6 Å². The predicted molar refractivity (Wildman–Crippen MR) is 129 cm³/mol. The molecule has 1 amide bonds. The fourth-order valence-corrected chi connectivity index (χ4v) is 5.30. The fraction of sp³-hybridized carbons (Fsp3) is 0.583. The molecule has 0 atom stereocenters. The number of fused-ring (bicyclic) bond motifs is 3. The van der Waals surface area contributed by atoms with Crippen molar-refractivity contribution in [3.63, 3.8) is 0 Å². The van der Waals surface area contributed by atoms with Crippen molar-refractivity contribution in [2.75, 3.05) is 5.75 Å². The number of hydrogen-bond donors (Lipinski definition) is 1. The summed E-state index contributed by atoms with van der Waals surface area (Å²) in [5, 5.41) is 13.2. The van der Waals surface area contributed by atoms with E-state index in [-0.39, 0.29) is 17.5 Å². The first kappa shape index (κ1) is 22.8. The quantitative estimate of drug-likeness (QED) is 0.398. The van der Waals surface area contributed by atoms with E-state index in [4.69, 9.17) is 0 Å². The Bertz CT molecular complexity index is 1110. The van der Waals surface area contributed by atoms with Crippen LogP contribution in [-0.2, 0) is 11.3 Å². The van der Waals surface area contributed by atoms with Gasteiger partial charge in [0.2, 0.25) is 11.7 Å². The number of thioether (sulfide) groups is 1. The van der Waals surface area contributed by atoms with Crippen LogP contribution in [-0.4, -0.2) is 36.9 Å². The number of nitrogens with zero attached hydrogens (tertiary/aromatic N) is 4. The van der Waals surface area contributed by atoms with Crippen LogP contribution in [0.15, 0.2) is 34.2 Å². The van der Waals surface area contributed by atoms with Crippen LogP contribution in [0.4, 0.5) is 0 Å². The molecule has 0 spiro atoms. The minimum atomic E-state index is -0.0322. The molecular weight excluding hydrogens is 422 g/mol. The van der Waals surface area contributed by atoms with Gasteiger partial charge in [-0.3, -0.25) is 18.6 Å². The van der Waals surface area contributed by atoms with Crippen molar-refractivity contribution in [2.24, 2.45) is 0 Å². The van der Waals surface area contributed by atoms with Crippen LogP contribution in [0.25, 0.3) is 16.7 Å².